The average Bonchev–Trinajstić information content (AvgIpc) is 2.71. The summed E-state index contributed by atoms with van der Waals surface area (Å²) in [7, 11) is 0. The van der Waals surface area contributed by atoms with Crippen LogP contribution in [0.3, 0.4) is 0 Å². The first-order valence-electron chi connectivity index (χ1n) is 4.44. The lowest BCUT2D eigenvalue weighted by Crippen LogP contribution is -1.93. The Morgan fingerprint density at radius 1 is 1.60 bits per heavy atom. The van der Waals surface area contributed by atoms with E-state index in [1.165, 1.54) is 25.7 Å². The molecule has 10 heavy (non-hydrogen) atoms. The van der Waals surface area contributed by atoms with Crippen molar-refractivity contribution in [2.45, 2.75) is 45.6 Å². The number of ether oxygens (including phenoxy) is 1. The summed E-state index contributed by atoms with van der Waals surface area (Å²) in [5, 5.41) is 0. The van der Waals surface area contributed by atoms with Crippen molar-refractivity contribution >= 4 is 0 Å². The maximum Gasteiger partial charge on any atom is 0.0810 e. The third kappa shape index (κ3) is 3.21. The van der Waals surface area contributed by atoms with E-state index in [1.54, 1.807) is 0 Å². The van der Waals surface area contributed by atoms with Crippen LogP contribution in [-0.2, 0) is 4.74 Å². The van der Waals surface area contributed by atoms with Crippen LogP contribution < -0.4 is 0 Å². The summed E-state index contributed by atoms with van der Waals surface area (Å²) < 4.78 is 5.12. The molecule has 2 atom stereocenters. The summed E-state index contributed by atoms with van der Waals surface area (Å²) in [6.45, 7) is 5.62. The zero-order chi connectivity index (χ0) is 7.40. The SMILES string of the molecule is CCC(C)CCCC1CO1. The van der Waals surface area contributed by atoms with Gasteiger partial charge in [-0.15, -0.1) is 0 Å². The number of rotatable bonds is 5. The second-order valence-corrected chi connectivity index (χ2v) is 3.40. The molecule has 2 unspecified atom stereocenters. The predicted molar refractivity (Wildman–Crippen MR) is 43.0 cm³/mol. The second-order valence-electron chi connectivity index (χ2n) is 3.40. The minimum Gasteiger partial charge on any atom is -0.373 e. The molecule has 0 aliphatic carbocycles. The van der Waals surface area contributed by atoms with Crippen LogP contribution in [-0.4, -0.2) is 12.7 Å². The van der Waals surface area contributed by atoms with Gasteiger partial charge in [-0.3, -0.25) is 0 Å². The van der Waals surface area contributed by atoms with E-state index >= 15 is 0 Å². The van der Waals surface area contributed by atoms with Crippen molar-refractivity contribution < 1.29 is 4.74 Å². The first-order chi connectivity index (χ1) is 4.83. The van der Waals surface area contributed by atoms with E-state index in [-0.39, 0.29) is 0 Å². The zero-order valence-electron chi connectivity index (χ0n) is 7.10. The van der Waals surface area contributed by atoms with Crippen LogP contribution in [0.5, 0.6) is 0 Å². The maximum atomic E-state index is 5.12. The highest BCUT2D eigenvalue weighted by molar-refractivity contribution is 4.68. The van der Waals surface area contributed by atoms with Crippen molar-refractivity contribution in [3.05, 3.63) is 0 Å². The number of hydrogen-bond donors (Lipinski definition) is 0. The van der Waals surface area contributed by atoms with E-state index in [1.807, 2.05) is 0 Å². The molecule has 0 aromatic carbocycles. The smallest absolute Gasteiger partial charge is 0.0810 e. The second kappa shape index (κ2) is 3.97. The van der Waals surface area contributed by atoms with Gasteiger partial charge >= 0.3 is 0 Å². The van der Waals surface area contributed by atoms with Gasteiger partial charge in [0.15, 0.2) is 0 Å². The van der Waals surface area contributed by atoms with Crippen molar-refractivity contribution in [1.82, 2.24) is 0 Å². The maximum absolute atomic E-state index is 5.12. The summed E-state index contributed by atoms with van der Waals surface area (Å²) >= 11 is 0. The van der Waals surface area contributed by atoms with E-state index in [9.17, 15) is 0 Å². The summed E-state index contributed by atoms with van der Waals surface area (Å²) in [5.41, 5.74) is 0. The lowest BCUT2D eigenvalue weighted by molar-refractivity contribution is 0.378. The van der Waals surface area contributed by atoms with Gasteiger partial charge in [0.05, 0.1) is 12.7 Å². The Balaban J connectivity index is 1.83. The van der Waals surface area contributed by atoms with Gasteiger partial charge in [0.1, 0.15) is 0 Å². The number of hydrogen-bond acceptors (Lipinski definition) is 1. The molecule has 1 heteroatoms. The molecule has 0 N–H and O–H groups in total. The van der Waals surface area contributed by atoms with Crippen LogP contribution in [0.4, 0.5) is 0 Å². The van der Waals surface area contributed by atoms with E-state index < -0.39 is 0 Å². The third-order valence-corrected chi connectivity index (χ3v) is 2.32. The van der Waals surface area contributed by atoms with Crippen molar-refractivity contribution in [1.29, 1.82) is 0 Å². The quantitative estimate of drug-likeness (QED) is 0.537. The van der Waals surface area contributed by atoms with Gasteiger partial charge in [0.2, 0.25) is 0 Å². The van der Waals surface area contributed by atoms with Crippen LogP contribution in [0.1, 0.15) is 39.5 Å². The largest absolute Gasteiger partial charge is 0.373 e. The fourth-order valence-electron chi connectivity index (χ4n) is 1.13. The van der Waals surface area contributed by atoms with E-state index in [4.69, 9.17) is 4.74 Å². The van der Waals surface area contributed by atoms with Gasteiger partial charge in [-0.25, -0.2) is 0 Å². The van der Waals surface area contributed by atoms with E-state index in [0.29, 0.717) is 6.10 Å². The average molecular weight is 142 g/mol. The molecule has 1 nitrogen and oxygen atoms in total. The molecular weight excluding hydrogens is 124 g/mol. The fourth-order valence-corrected chi connectivity index (χ4v) is 1.13. The first-order valence-corrected chi connectivity index (χ1v) is 4.44. The van der Waals surface area contributed by atoms with Gasteiger partial charge < -0.3 is 4.74 Å². The molecule has 60 valence electrons. The molecule has 1 rings (SSSR count). The lowest BCUT2D eigenvalue weighted by atomic mass is 10.0. The molecule has 0 amide bonds. The molecule has 0 aromatic rings. The predicted octanol–water partition coefficient (Wildman–Crippen LogP) is 2.60. The first kappa shape index (κ1) is 8.06. The normalized spacial score (nSPS) is 26.4. The zero-order valence-corrected chi connectivity index (χ0v) is 7.10. The standard InChI is InChI=1S/C9H18O/c1-3-8(2)5-4-6-9-7-10-9/h8-9H,3-7H2,1-2H3. The highest BCUT2D eigenvalue weighted by Gasteiger charge is 2.21. The van der Waals surface area contributed by atoms with Crippen molar-refractivity contribution in [2.24, 2.45) is 5.92 Å². The van der Waals surface area contributed by atoms with Gasteiger partial charge in [-0.05, 0) is 12.3 Å². The Morgan fingerprint density at radius 2 is 2.30 bits per heavy atom. The topological polar surface area (TPSA) is 12.5 Å². The van der Waals surface area contributed by atoms with Crippen LogP contribution in [0, 0.1) is 5.92 Å². The van der Waals surface area contributed by atoms with Gasteiger partial charge in [-0.2, -0.15) is 0 Å². The van der Waals surface area contributed by atoms with Crippen LogP contribution >= 0.6 is 0 Å². The molecule has 0 spiro atoms. The highest BCUT2D eigenvalue weighted by atomic mass is 16.6. The molecule has 1 aliphatic rings. The van der Waals surface area contributed by atoms with Gasteiger partial charge in [-0.1, -0.05) is 33.1 Å². The summed E-state index contributed by atoms with van der Waals surface area (Å²) in [4.78, 5) is 0. The minimum absolute atomic E-state index is 0.643. The van der Waals surface area contributed by atoms with E-state index in [2.05, 4.69) is 13.8 Å². The molecule has 0 bridgehead atoms. The Bertz CT molecular complexity index is 86.7. The Morgan fingerprint density at radius 3 is 2.80 bits per heavy atom. The molecule has 0 radical (unpaired) electrons. The van der Waals surface area contributed by atoms with Crippen LogP contribution in [0.25, 0.3) is 0 Å². The van der Waals surface area contributed by atoms with Crippen LogP contribution in [0.15, 0.2) is 0 Å². The Hall–Kier alpha value is -0.0400. The molecule has 1 fully saturated rings. The molecule has 1 saturated heterocycles. The third-order valence-electron chi connectivity index (χ3n) is 2.32. The summed E-state index contributed by atoms with van der Waals surface area (Å²) in [5.74, 6) is 0.916. The van der Waals surface area contributed by atoms with Crippen molar-refractivity contribution in [3.63, 3.8) is 0 Å². The number of epoxide rings is 1. The molecule has 0 aromatic heterocycles. The van der Waals surface area contributed by atoms with E-state index in [0.717, 1.165) is 12.5 Å². The minimum atomic E-state index is 0.643. The Labute approximate surface area is 63.8 Å². The van der Waals surface area contributed by atoms with Gasteiger partial charge in [0, 0.05) is 0 Å². The fraction of sp³-hybridized carbons (Fsp3) is 1.00. The summed E-state index contributed by atoms with van der Waals surface area (Å²) in [6.07, 6.45) is 6.01. The monoisotopic (exact) mass is 142 g/mol. The van der Waals surface area contributed by atoms with Crippen LogP contribution in [0.2, 0.25) is 0 Å². The summed E-state index contributed by atoms with van der Waals surface area (Å²) in [6, 6.07) is 0. The molecule has 1 aliphatic heterocycles. The van der Waals surface area contributed by atoms with Crippen molar-refractivity contribution in [3.8, 4) is 0 Å². The van der Waals surface area contributed by atoms with Crippen molar-refractivity contribution in [2.75, 3.05) is 6.61 Å². The highest BCUT2D eigenvalue weighted by Crippen LogP contribution is 2.19. The Kier molecular flexibility index (Phi) is 3.20. The molecule has 1 heterocycles. The lowest BCUT2D eigenvalue weighted by Gasteiger charge is -2.05. The molecular formula is C9H18O. The molecule has 0 saturated carbocycles. The van der Waals surface area contributed by atoms with Gasteiger partial charge in [0.25, 0.3) is 0 Å².